The highest BCUT2D eigenvalue weighted by molar-refractivity contribution is 5.83. The van der Waals surface area contributed by atoms with E-state index in [1.165, 1.54) is 0 Å². The maximum Gasteiger partial charge on any atom is 0.227 e. The van der Waals surface area contributed by atoms with Gasteiger partial charge in [0.15, 0.2) is 0 Å². The molecule has 0 aromatic heterocycles. The molecular weight excluding hydrogens is 204 g/mol. The molecule has 1 aliphatic rings. The Labute approximate surface area is 97.9 Å². The number of ether oxygens (including phenoxy) is 1. The van der Waals surface area contributed by atoms with E-state index in [0.29, 0.717) is 19.7 Å². The molecule has 1 rings (SSSR count). The van der Waals surface area contributed by atoms with Crippen molar-refractivity contribution in [2.45, 2.75) is 45.6 Å². The van der Waals surface area contributed by atoms with Gasteiger partial charge in [-0.05, 0) is 33.6 Å². The molecule has 0 aromatic rings. The van der Waals surface area contributed by atoms with Crippen molar-refractivity contribution in [3.8, 4) is 0 Å². The Balaban J connectivity index is 2.40. The van der Waals surface area contributed by atoms with Crippen molar-refractivity contribution in [1.29, 1.82) is 0 Å². The first-order valence-electron chi connectivity index (χ1n) is 6.08. The average molecular weight is 228 g/mol. The molecule has 0 saturated heterocycles. The predicted molar refractivity (Wildman–Crippen MR) is 64.1 cm³/mol. The molecule has 1 fully saturated rings. The van der Waals surface area contributed by atoms with Crippen LogP contribution in [0, 0.1) is 5.41 Å². The zero-order valence-corrected chi connectivity index (χ0v) is 10.6. The van der Waals surface area contributed by atoms with E-state index in [0.717, 1.165) is 19.3 Å². The molecule has 0 atom stereocenters. The van der Waals surface area contributed by atoms with Gasteiger partial charge < -0.3 is 15.8 Å². The quantitative estimate of drug-likeness (QED) is 0.714. The number of nitrogens with one attached hydrogen (secondary N) is 1. The lowest BCUT2D eigenvalue weighted by molar-refractivity contribution is -0.136. The van der Waals surface area contributed by atoms with E-state index >= 15 is 0 Å². The van der Waals surface area contributed by atoms with Crippen molar-refractivity contribution in [3.05, 3.63) is 0 Å². The Hall–Kier alpha value is -0.610. The van der Waals surface area contributed by atoms with Gasteiger partial charge in [-0.25, -0.2) is 0 Å². The van der Waals surface area contributed by atoms with Crippen LogP contribution in [0.3, 0.4) is 0 Å². The molecule has 0 aliphatic heterocycles. The molecule has 16 heavy (non-hydrogen) atoms. The van der Waals surface area contributed by atoms with Crippen molar-refractivity contribution < 1.29 is 9.53 Å². The van der Waals surface area contributed by atoms with Gasteiger partial charge in [0.1, 0.15) is 0 Å². The first kappa shape index (κ1) is 13.5. The molecule has 4 heteroatoms. The molecular formula is C12H24N2O2. The highest BCUT2D eigenvalue weighted by Crippen LogP contribution is 2.40. The normalized spacial score (nSPS) is 19.0. The fourth-order valence-corrected chi connectivity index (χ4v) is 2.05. The van der Waals surface area contributed by atoms with Crippen LogP contribution in [0.2, 0.25) is 0 Å². The average Bonchev–Trinajstić information content (AvgIpc) is 2.14. The zero-order chi connectivity index (χ0) is 12.2. The smallest absolute Gasteiger partial charge is 0.227 e. The molecule has 94 valence electrons. The molecule has 0 spiro atoms. The molecule has 0 unspecified atom stereocenters. The van der Waals surface area contributed by atoms with Crippen molar-refractivity contribution in [2.24, 2.45) is 11.1 Å². The second kappa shape index (κ2) is 5.15. The van der Waals surface area contributed by atoms with E-state index in [-0.39, 0.29) is 16.9 Å². The van der Waals surface area contributed by atoms with Crippen LogP contribution in [-0.2, 0) is 9.53 Å². The number of carbonyl (C=O) groups excluding carboxylic acids is 1. The van der Waals surface area contributed by atoms with E-state index in [1.807, 2.05) is 20.8 Å². The summed E-state index contributed by atoms with van der Waals surface area (Å²) in [6.45, 7) is 7.57. The van der Waals surface area contributed by atoms with Gasteiger partial charge in [-0.2, -0.15) is 0 Å². The monoisotopic (exact) mass is 228 g/mol. The van der Waals surface area contributed by atoms with Crippen LogP contribution in [0.4, 0.5) is 0 Å². The first-order valence-corrected chi connectivity index (χ1v) is 6.08. The summed E-state index contributed by atoms with van der Waals surface area (Å²) in [6, 6.07) is 0. The van der Waals surface area contributed by atoms with Gasteiger partial charge in [-0.1, -0.05) is 6.42 Å². The number of amides is 1. The number of rotatable bonds is 6. The van der Waals surface area contributed by atoms with Crippen molar-refractivity contribution >= 4 is 5.91 Å². The minimum absolute atomic E-state index is 0.0917. The Morgan fingerprint density at radius 3 is 2.50 bits per heavy atom. The van der Waals surface area contributed by atoms with Gasteiger partial charge in [-0.15, -0.1) is 0 Å². The van der Waals surface area contributed by atoms with Gasteiger partial charge in [0.05, 0.1) is 11.0 Å². The van der Waals surface area contributed by atoms with Gasteiger partial charge in [0.25, 0.3) is 0 Å². The predicted octanol–water partition coefficient (Wildman–Crippen LogP) is 1.05. The third-order valence-electron chi connectivity index (χ3n) is 3.39. The Bertz CT molecular complexity index is 242. The number of hydrogen-bond acceptors (Lipinski definition) is 3. The first-order chi connectivity index (χ1) is 7.46. The summed E-state index contributed by atoms with van der Waals surface area (Å²) < 4.78 is 5.53. The van der Waals surface area contributed by atoms with Crippen molar-refractivity contribution in [1.82, 2.24) is 5.32 Å². The maximum absolute atomic E-state index is 12.0. The van der Waals surface area contributed by atoms with Crippen molar-refractivity contribution in [2.75, 3.05) is 19.7 Å². The summed E-state index contributed by atoms with van der Waals surface area (Å²) in [6.07, 6.45) is 2.95. The molecule has 0 radical (unpaired) electrons. The lowest BCUT2D eigenvalue weighted by atomic mass is 9.68. The third-order valence-corrected chi connectivity index (χ3v) is 3.39. The molecule has 4 nitrogen and oxygen atoms in total. The van der Waals surface area contributed by atoms with E-state index in [2.05, 4.69) is 5.32 Å². The lowest BCUT2D eigenvalue weighted by Gasteiger charge is -2.40. The summed E-state index contributed by atoms with van der Waals surface area (Å²) in [4.78, 5) is 12.0. The van der Waals surface area contributed by atoms with E-state index in [9.17, 15) is 4.79 Å². The summed E-state index contributed by atoms with van der Waals surface area (Å²) >= 11 is 0. The molecule has 0 bridgehead atoms. The van der Waals surface area contributed by atoms with Gasteiger partial charge in [-0.3, -0.25) is 4.79 Å². The minimum Gasteiger partial charge on any atom is -0.374 e. The van der Waals surface area contributed by atoms with E-state index in [1.54, 1.807) is 0 Å². The van der Waals surface area contributed by atoms with Gasteiger partial charge >= 0.3 is 0 Å². The van der Waals surface area contributed by atoms with Crippen LogP contribution < -0.4 is 11.1 Å². The topological polar surface area (TPSA) is 64.3 Å². The van der Waals surface area contributed by atoms with Crippen molar-refractivity contribution in [3.63, 3.8) is 0 Å². The largest absolute Gasteiger partial charge is 0.374 e. The summed E-state index contributed by atoms with van der Waals surface area (Å²) in [5.41, 5.74) is 5.08. The van der Waals surface area contributed by atoms with Crippen LogP contribution in [-0.4, -0.2) is 31.2 Å². The molecule has 1 aliphatic carbocycles. The van der Waals surface area contributed by atoms with Crippen LogP contribution in [0.25, 0.3) is 0 Å². The highest BCUT2D eigenvalue weighted by atomic mass is 16.5. The summed E-state index contributed by atoms with van der Waals surface area (Å²) in [5.74, 6) is 0.0917. The van der Waals surface area contributed by atoms with Crippen LogP contribution >= 0.6 is 0 Å². The standard InChI is InChI=1S/C12H24N2O2/c1-4-16-11(2,3)9-14-10(15)12(8-13)6-5-7-12/h4-9,13H2,1-3H3,(H,14,15). The Kier molecular flexibility index (Phi) is 4.33. The second-order valence-electron chi connectivity index (χ2n) is 5.21. The molecule has 1 saturated carbocycles. The SMILES string of the molecule is CCOC(C)(C)CNC(=O)C1(CN)CCC1. The zero-order valence-electron chi connectivity index (χ0n) is 10.6. The summed E-state index contributed by atoms with van der Waals surface area (Å²) in [5, 5.41) is 2.96. The van der Waals surface area contributed by atoms with Crippen LogP contribution in [0.1, 0.15) is 40.0 Å². The minimum atomic E-state index is -0.302. The molecule has 3 N–H and O–H groups in total. The third kappa shape index (κ3) is 2.95. The molecule has 0 heterocycles. The maximum atomic E-state index is 12.0. The van der Waals surface area contributed by atoms with Gasteiger partial charge in [0, 0.05) is 19.7 Å². The van der Waals surface area contributed by atoms with Crippen LogP contribution in [0.5, 0.6) is 0 Å². The lowest BCUT2D eigenvalue weighted by Crippen LogP contribution is -2.53. The van der Waals surface area contributed by atoms with E-state index < -0.39 is 0 Å². The molecule has 0 aromatic carbocycles. The Morgan fingerprint density at radius 2 is 2.12 bits per heavy atom. The fourth-order valence-electron chi connectivity index (χ4n) is 2.05. The summed E-state index contributed by atoms with van der Waals surface area (Å²) in [7, 11) is 0. The number of hydrogen-bond donors (Lipinski definition) is 2. The Morgan fingerprint density at radius 1 is 1.50 bits per heavy atom. The van der Waals surface area contributed by atoms with Gasteiger partial charge in [0.2, 0.25) is 5.91 Å². The number of carbonyl (C=O) groups is 1. The van der Waals surface area contributed by atoms with Crippen LogP contribution in [0.15, 0.2) is 0 Å². The number of nitrogens with two attached hydrogens (primary N) is 1. The van der Waals surface area contributed by atoms with E-state index in [4.69, 9.17) is 10.5 Å². The fraction of sp³-hybridized carbons (Fsp3) is 0.917. The molecule has 1 amide bonds. The highest BCUT2D eigenvalue weighted by Gasteiger charge is 2.43. The second-order valence-corrected chi connectivity index (χ2v) is 5.21.